The quantitative estimate of drug-likeness (QED) is 0.214. The van der Waals surface area contributed by atoms with Crippen molar-refractivity contribution < 1.29 is 33.2 Å². The van der Waals surface area contributed by atoms with Crippen molar-refractivity contribution in [3.8, 4) is 11.5 Å². The third-order valence-electron chi connectivity index (χ3n) is 4.47. The first-order valence-corrected chi connectivity index (χ1v) is 11.1. The maximum atomic E-state index is 12.0. The van der Waals surface area contributed by atoms with Crippen LogP contribution in [0.4, 0.5) is 4.79 Å². The first-order valence-electron chi connectivity index (χ1n) is 11.1. The molecular weight excluding hydrogens is 412 g/mol. The van der Waals surface area contributed by atoms with Crippen LogP contribution in [-0.4, -0.2) is 59.0 Å². The van der Waals surface area contributed by atoms with Crippen LogP contribution in [0.1, 0.15) is 25.0 Å². The molecule has 0 unspecified atom stereocenters. The Morgan fingerprint density at radius 2 is 0.938 bits per heavy atom. The van der Waals surface area contributed by atoms with E-state index in [1.807, 2.05) is 38.1 Å². The zero-order valence-electron chi connectivity index (χ0n) is 19.0. The molecule has 0 aliphatic carbocycles. The smallest absolute Gasteiger partial charge is 0.395 e. The van der Waals surface area contributed by atoms with Crippen LogP contribution in [0.2, 0.25) is 0 Å². The summed E-state index contributed by atoms with van der Waals surface area (Å²) in [5.41, 5.74) is 2.19. The van der Waals surface area contributed by atoms with Gasteiger partial charge in [0.25, 0.3) is 0 Å². The van der Waals surface area contributed by atoms with Crippen LogP contribution in [0, 0.1) is 0 Å². The van der Waals surface area contributed by atoms with Gasteiger partial charge in [-0.15, -0.1) is 0 Å². The maximum absolute atomic E-state index is 12.0. The molecular formula is C25H34O7. The van der Waals surface area contributed by atoms with Gasteiger partial charge >= 0.3 is 6.16 Å². The number of rotatable bonds is 16. The molecule has 7 heteroatoms. The first kappa shape index (κ1) is 25.8. The van der Waals surface area contributed by atoms with Crippen molar-refractivity contribution in [3.63, 3.8) is 0 Å². The molecule has 2 aromatic carbocycles. The van der Waals surface area contributed by atoms with Gasteiger partial charge in [-0.05, 0) is 62.1 Å². The van der Waals surface area contributed by atoms with Gasteiger partial charge in [0, 0.05) is 13.2 Å². The maximum Gasteiger partial charge on any atom is 0.519 e. The molecule has 0 fully saturated rings. The van der Waals surface area contributed by atoms with E-state index in [0.717, 1.165) is 24.0 Å². The molecule has 0 atom stereocenters. The third-order valence-corrected chi connectivity index (χ3v) is 4.47. The highest BCUT2D eigenvalue weighted by Gasteiger charge is 2.08. The summed E-state index contributed by atoms with van der Waals surface area (Å²) in [7, 11) is 0. The molecule has 0 saturated heterocycles. The summed E-state index contributed by atoms with van der Waals surface area (Å²) < 4.78 is 32.0. The Balaban J connectivity index is 1.65. The zero-order chi connectivity index (χ0) is 22.9. The number of hydrogen-bond donors (Lipinski definition) is 0. The molecule has 2 rings (SSSR count). The van der Waals surface area contributed by atoms with Gasteiger partial charge in [0.15, 0.2) is 0 Å². The molecule has 0 radical (unpaired) electrons. The molecule has 0 saturated carbocycles. The molecule has 0 amide bonds. The predicted octanol–water partition coefficient (Wildman–Crippen LogP) is 4.46. The van der Waals surface area contributed by atoms with Gasteiger partial charge in [-0.1, -0.05) is 24.3 Å². The number of ether oxygens (including phenoxy) is 6. The van der Waals surface area contributed by atoms with Crippen LogP contribution in [0.25, 0.3) is 0 Å². The molecule has 0 aliphatic heterocycles. The van der Waals surface area contributed by atoms with Crippen LogP contribution in [0.3, 0.4) is 0 Å². The van der Waals surface area contributed by atoms with Crippen LogP contribution in [0.5, 0.6) is 11.5 Å². The van der Waals surface area contributed by atoms with Gasteiger partial charge in [-0.25, -0.2) is 4.79 Å². The molecule has 2 aromatic rings. The third kappa shape index (κ3) is 11.2. The molecule has 0 N–H and O–H groups in total. The average molecular weight is 447 g/mol. The van der Waals surface area contributed by atoms with Gasteiger partial charge in [0.2, 0.25) is 0 Å². The molecule has 0 heterocycles. The van der Waals surface area contributed by atoms with E-state index in [-0.39, 0.29) is 0 Å². The van der Waals surface area contributed by atoms with Gasteiger partial charge in [-0.3, -0.25) is 0 Å². The summed E-state index contributed by atoms with van der Waals surface area (Å²) in [5.74, 6) is 0.855. The minimum Gasteiger partial charge on any atom is -0.395 e. The monoisotopic (exact) mass is 446 g/mol. The van der Waals surface area contributed by atoms with Crippen molar-refractivity contribution >= 4 is 6.16 Å². The molecule has 7 nitrogen and oxygen atoms in total. The van der Waals surface area contributed by atoms with Crippen LogP contribution >= 0.6 is 0 Å². The molecule has 176 valence electrons. The second-order valence-electron chi connectivity index (χ2n) is 6.86. The van der Waals surface area contributed by atoms with Crippen LogP contribution in [-0.2, 0) is 31.8 Å². The number of hydrogen-bond acceptors (Lipinski definition) is 7. The summed E-state index contributed by atoms with van der Waals surface area (Å²) in [5, 5.41) is 0. The van der Waals surface area contributed by atoms with Gasteiger partial charge in [0.1, 0.15) is 11.5 Å². The van der Waals surface area contributed by atoms with E-state index in [2.05, 4.69) is 0 Å². The fourth-order valence-electron chi connectivity index (χ4n) is 2.77. The van der Waals surface area contributed by atoms with E-state index in [1.165, 1.54) is 0 Å². The number of carbonyl (C=O) groups is 1. The Kier molecular flexibility index (Phi) is 13.1. The van der Waals surface area contributed by atoms with E-state index in [1.54, 1.807) is 24.3 Å². The highest BCUT2D eigenvalue weighted by atomic mass is 16.7. The van der Waals surface area contributed by atoms with Crippen molar-refractivity contribution in [3.05, 3.63) is 59.7 Å². The van der Waals surface area contributed by atoms with Crippen molar-refractivity contribution in [2.24, 2.45) is 0 Å². The zero-order valence-corrected chi connectivity index (χ0v) is 19.0. The molecule has 32 heavy (non-hydrogen) atoms. The van der Waals surface area contributed by atoms with E-state index in [9.17, 15) is 4.79 Å². The lowest BCUT2D eigenvalue weighted by Gasteiger charge is -2.08. The molecule has 0 aromatic heterocycles. The highest BCUT2D eigenvalue weighted by molar-refractivity contribution is 5.67. The first-order chi connectivity index (χ1) is 15.7. The SMILES string of the molecule is CCOCCOCCc1ccc(OC(=O)Oc2ccc(CCOCCOCC)cc2)cc1. The fourth-order valence-corrected chi connectivity index (χ4v) is 2.77. The normalized spacial score (nSPS) is 10.8. The van der Waals surface area contributed by atoms with E-state index in [0.29, 0.717) is 64.4 Å². The topological polar surface area (TPSA) is 72.5 Å². The average Bonchev–Trinajstić information content (AvgIpc) is 2.80. The lowest BCUT2D eigenvalue weighted by Crippen LogP contribution is -2.13. The lowest BCUT2D eigenvalue weighted by molar-refractivity contribution is 0.0541. The second kappa shape index (κ2) is 16.2. The molecule has 0 aliphatic rings. The minimum atomic E-state index is -0.774. The van der Waals surface area contributed by atoms with Gasteiger partial charge < -0.3 is 28.4 Å². The van der Waals surface area contributed by atoms with Crippen molar-refractivity contribution in [1.29, 1.82) is 0 Å². The van der Waals surface area contributed by atoms with E-state index < -0.39 is 6.16 Å². The predicted molar refractivity (Wildman–Crippen MR) is 122 cm³/mol. The Morgan fingerprint density at radius 1 is 0.562 bits per heavy atom. The standard InChI is InChI=1S/C25H34O7/c1-3-27-17-19-29-15-13-21-5-9-23(10-6-21)31-25(26)32-24-11-7-22(8-12-24)14-16-30-20-18-28-4-2/h5-12H,3-4,13-20H2,1-2H3. The van der Waals surface area contributed by atoms with Gasteiger partial charge in [-0.2, -0.15) is 0 Å². The summed E-state index contributed by atoms with van der Waals surface area (Å²) >= 11 is 0. The molecule has 0 bridgehead atoms. The van der Waals surface area contributed by atoms with E-state index in [4.69, 9.17) is 28.4 Å². The number of carbonyl (C=O) groups excluding carboxylic acids is 1. The van der Waals surface area contributed by atoms with Crippen LogP contribution < -0.4 is 9.47 Å². The minimum absolute atomic E-state index is 0.428. The Morgan fingerprint density at radius 3 is 1.31 bits per heavy atom. The Bertz CT molecular complexity index is 680. The van der Waals surface area contributed by atoms with Crippen LogP contribution in [0.15, 0.2) is 48.5 Å². The van der Waals surface area contributed by atoms with Crippen molar-refractivity contribution in [2.45, 2.75) is 26.7 Å². The largest absolute Gasteiger partial charge is 0.519 e. The highest BCUT2D eigenvalue weighted by Crippen LogP contribution is 2.16. The van der Waals surface area contributed by atoms with Crippen molar-refractivity contribution in [1.82, 2.24) is 0 Å². The molecule has 0 spiro atoms. The van der Waals surface area contributed by atoms with Gasteiger partial charge in [0.05, 0.1) is 39.6 Å². The Labute approximate surface area is 190 Å². The summed E-state index contributed by atoms with van der Waals surface area (Å²) in [6, 6.07) is 14.6. The van der Waals surface area contributed by atoms with E-state index >= 15 is 0 Å². The summed E-state index contributed by atoms with van der Waals surface area (Å²) in [6.45, 7) is 8.94. The fraction of sp³-hybridized carbons (Fsp3) is 0.480. The number of benzene rings is 2. The Hall–Kier alpha value is -2.45. The summed E-state index contributed by atoms with van der Waals surface area (Å²) in [4.78, 5) is 12.0. The summed E-state index contributed by atoms with van der Waals surface area (Å²) in [6.07, 6.45) is 0.783. The lowest BCUT2D eigenvalue weighted by atomic mass is 10.1. The second-order valence-corrected chi connectivity index (χ2v) is 6.86. The van der Waals surface area contributed by atoms with Crippen molar-refractivity contribution in [2.75, 3.05) is 52.9 Å².